The van der Waals surface area contributed by atoms with Crippen LogP contribution in [0.5, 0.6) is 0 Å². The molecule has 0 spiro atoms. The lowest BCUT2D eigenvalue weighted by Crippen LogP contribution is -2.45. The molecule has 7 heteroatoms. The highest BCUT2D eigenvalue weighted by Gasteiger charge is 2.32. The van der Waals surface area contributed by atoms with E-state index in [-0.39, 0.29) is 22.2 Å². The first-order valence-electron chi connectivity index (χ1n) is 6.41. The van der Waals surface area contributed by atoms with E-state index >= 15 is 0 Å². The number of rotatable bonds is 3. The van der Waals surface area contributed by atoms with Gasteiger partial charge in [-0.05, 0) is 44.9 Å². The Hall–Kier alpha value is -0.820. The highest BCUT2D eigenvalue weighted by molar-refractivity contribution is 7.89. The van der Waals surface area contributed by atoms with E-state index in [9.17, 15) is 8.42 Å². The monoisotopic (exact) mass is 318 g/mol. The second-order valence-corrected chi connectivity index (χ2v) is 7.72. The number of nitrogens with two attached hydrogens (primary N) is 1. The third kappa shape index (κ3) is 3.63. The van der Waals surface area contributed by atoms with Crippen molar-refractivity contribution >= 4 is 27.3 Å². The van der Waals surface area contributed by atoms with Crippen LogP contribution in [0.3, 0.4) is 0 Å². The predicted molar refractivity (Wildman–Crippen MR) is 79.2 cm³/mol. The standard InChI is InChI=1S/C13H19ClN2O3S/c1-13(2)8-10(5-6-19-13)16-20(17,18)12-7-9(14)3-4-11(12)15/h3-4,7,10,16H,5-6,8,15H2,1-2H3. The number of anilines is 1. The Morgan fingerprint density at radius 3 is 2.80 bits per heavy atom. The molecule has 20 heavy (non-hydrogen) atoms. The molecule has 0 aromatic heterocycles. The van der Waals surface area contributed by atoms with Crippen molar-refractivity contribution in [2.24, 2.45) is 0 Å². The van der Waals surface area contributed by atoms with E-state index < -0.39 is 10.0 Å². The fraction of sp³-hybridized carbons (Fsp3) is 0.538. The van der Waals surface area contributed by atoms with Gasteiger partial charge in [0.1, 0.15) is 4.90 Å². The average molecular weight is 319 g/mol. The van der Waals surface area contributed by atoms with Crippen LogP contribution < -0.4 is 10.5 Å². The van der Waals surface area contributed by atoms with E-state index in [1.807, 2.05) is 13.8 Å². The van der Waals surface area contributed by atoms with Gasteiger partial charge in [0, 0.05) is 17.7 Å². The molecule has 1 unspecified atom stereocenters. The molecule has 1 aromatic carbocycles. The van der Waals surface area contributed by atoms with Crippen molar-refractivity contribution < 1.29 is 13.2 Å². The normalized spacial score (nSPS) is 22.6. The fourth-order valence-corrected chi connectivity index (χ4v) is 4.02. The zero-order chi connectivity index (χ0) is 15.0. The molecule has 0 amide bonds. The number of hydrogen-bond acceptors (Lipinski definition) is 4. The number of hydrogen-bond donors (Lipinski definition) is 2. The Labute approximate surface area is 124 Å². The molecule has 0 radical (unpaired) electrons. The summed E-state index contributed by atoms with van der Waals surface area (Å²) in [5.74, 6) is 0. The molecule has 1 aliphatic heterocycles. The van der Waals surface area contributed by atoms with E-state index in [4.69, 9.17) is 22.1 Å². The Balaban J connectivity index is 2.21. The van der Waals surface area contributed by atoms with E-state index in [1.54, 1.807) is 6.07 Å². The van der Waals surface area contributed by atoms with Crippen LogP contribution in [0.15, 0.2) is 23.1 Å². The number of nitrogen functional groups attached to an aromatic ring is 1. The molecule has 1 saturated heterocycles. The van der Waals surface area contributed by atoms with Crippen LogP contribution in [0.25, 0.3) is 0 Å². The molecule has 5 nitrogen and oxygen atoms in total. The van der Waals surface area contributed by atoms with Gasteiger partial charge in [-0.3, -0.25) is 0 Å². The molecule has 1 aliphatic rings. The molecular weight excluding hydrogens is 300 g/mol. The number of ether oxygens (including phenoxy) is 1. The summed E-state index contributed by atoms with van der Waals surface area (Å²) >= 11 is 5.84. The maximum Gasteiger partial charge on any atom is 0.242 e. The molecule has 2 rings (SSSR count). The minimum atomic E-state index is -3.68. The van der Waals surface area contributed by atoms with Crippen molar-refractivity contribution in [3.05, 3.63) is 23.2 Å². The SMILES string of the molecule is CC1(C)CC(NS(=O)(=O)c2cc(Cl)ccc2N)CCO1. The van der Waals surface area contributed by atoms with Gasteiger partial charge in [0.25, 0.3) is 0 Å². The maximum absolute atomic E-state index is 12.4. The second kappa shape index (κ2) is 5.52. The Bertz CT molecular complexity index is 602. The topological polar surface area (TPSA) is 81.4 Å². The van der Waals surface area contributed by atoms with Gasteiger partial charge >= 0.3 is 0 Å². The second-order valence-electron chi connectivity index (χ2n) is 5.60. The van der Waals surface area contributed by atoms with E-state index in [0.717, 1.165) is 0 Å². The van der Waals surface area contributed by atoms with Crippen LogP contribution in [-0.2, 0) is 14.8 Å². The lowest BCUT2D eigenvalue weighted by molar-refractivity contribution is -0.0599. The molecule has 1 fully saturated rings. The van der Waals surface area contributed by atoms with Gasteiger partial charge in [-0.15, -0.1) is 0 Å². The zero-order valence-corrected chi connectivity index (χ0v) is 13.1. The van der Waals surface area contributed by atoms with Crippen molar-refractivity contribution in [2.45, 2.75) is 43.2 Å². The smallest absolute Gasteiger partial charge is 0.242 e. The Morgan fingerprint density at radius 1 is 1.45 bits per heavy atom. The summed E-state index contributed by atoms with van der Waals surface area (Å²) in [6, 6.07) is 4.25. The van der Waals surface area contributed by atoms with Crippen LogP contribution in [0.1, 0.15) is 26.7 Å². The van der Waals surface area contributed by atoms with Crippen molar-refractivity contribution in [3.8, 4) is 0 Å². The van der Waals surface area contributed by atoms with E-state index in [0.29, 0.717) is 24.5 Å². The summed E-state index contributed by atoms with van der Waals surface area (Å²) in [6.07, 6.45) is 1.26. The molecule has 0 bridgehead atoms. The van der Waals surface area contributed by atoms with E-state index in [2.05, 4.69) is 4.72 Å². The van der Waals surface area contributed by atoms with Crippen LogP contribution in [0.2, 0.25) is 5.02 Å². The lowest BCUT2D eigenvalue weighted by Gasteiger charge is -2.35. The summed E-state index contributed by atoms with van der Waals surface area (Å²) in [5.41, 5.74) is 5.59. The third-order valence-electron chi connectivity index (χ3n) is 3.28. The summed E-state index contributed by atoms with van der Waals surface area (Å²) in [7, 11) is -3.68. The van der Waals surface area contributed by atoms with Gasteiger partial charge in [0.15, 0.2) is 0 Å². The molecule has 0 saturated carbocycles. The molecule has 3 N–H and O–H groups in total. The Morgan fingerprint density at radius 2 is 2.15 bits per heavy atom. The summed E-state index contributed by atoms with van der Waals surface area (Å²) in [6.45, 7) is 4.42. The first-order valence-corrected chi connectivity index (χ1v) is 8.27. The molecule has 0 aliphatic carbocycles. The first kappa shape index (κ1) is 15.6. The van der Waals surface area contributed by atoms with Gasteiger partial charge in [-0.2, -0.15) is 0 Å². The number of sulfonamides is 1. The van der Waals surface area contributed by atoms with Gasteiger partial charge in [-0.1, -0.05) is 11.6 Å². The van der Waals surface area contributed by atoms with Crippen LogP contribution in [0.4, 0.5) is 5.69 Å². The Kier molecular flexibility index (Phi) is 4.30. The quantitative estimate of drug-likeness (QED) is 0.837. The van der Waals surface area contributed by atoms with Crippen LogP contribution >= 0.6 is 11.6 Å². The largest absolute Gasteiger partial charge is 0.398 e. The number of benzene rings is 1. The van der Waals surface area contributed by atoms with Gasteiger partial charge in [-0.25, -0.2) is 13.1 Å². The predicted octanol–water partition coefficient (Wildman–Crippen LogP) is 2.16. The van der Waals surface area contributed by atoms with Crippen molar-refractivity contribution in [3.63, 3.8) is 0 Å². The van der Waals surface area contributed by atoms with E-state index in [1.165, 1.54) is 12.1 Å². The summed E-state index contributed by atoms with van der Waals surface area (Å²) in [4.78, 5) is 0.0225. The van der Waals surface area contributed by atoms with Crippen molar-refractivity contribution in [1.82, 2.24) is 4.72 Å². The number of nitrogens with one attached hydrogen (secondary N) is 1. The number of halogens is 1. The van der Waals surface area contributed by atoms with Gasteiger partial charge in [0.2, 0.25) is 10.0 Å². The lowest BCUT2D eigenvalue weighted by atomic mass is 9.95. The summed E-state index contributed by atoms with van der Waals surface area (Å²) < 4.78 is 33.1. The molecule has 1 atom stereocenters. The van der Waals surface area contributed by atoms with Crippen LogP contribution in [0, 0.1) is 0 Å². The highest BCUT2D eigenvalue weighted by Crippen LogP contribution is 2.27. The molecule has 112 valence electrons. The maximum atomic E-state index is 12.4. The molecular formula is C13H19ClN2O3S. The molecule has 1 heterocycles. The van der Waals surface area contributed by atoms with Gasteiger partial charge in [0.05, 0.1) is 11.3 Å². The minimum absolute atomic E-state index is 0.0225. The summed E-state index contributed by atoms with van der Waals surface area (Å²) in [5, 5.41) is 0.340. The first-order chi connectivity index (χ1) is 9.20. The van der Waals surface area contributed by atoms with Gasteiger partial charge < -0.3 is 10.5 Å². The molecule has 1 aromatic rings. The zero-order valence-electron chi connectivity index (χ0n) is 11.5. The van der Waals surface area contributed by atoms with Crippen molar-refractivity contribution in [1.29, 1.82) is 0 Å². The highest BCUT2D eigenvalue weighted by atomic mass is 35.5. The minimum Gasteiger partial charge on any atom is -0.398 e. The van der Waals surface area contributed by atoms with Crippen LogP contribution in [-0.4, -0.2) is 26.7 Å². The van der Waals surface area contributed by atoms with Crippen molar-refractivity contribution in [2.75, 3.05) is 12.3 Å². The fourth-order valence-electron chi connectivity index (χ4n) is 2.36. The third-order valence-corrected chi connectivity index (χ3v) is 5.10. The average Bonchev–Trinajstić information content (AvgIpc) is 2.30.